The Labute approximate surface area is 179 Å². The van der Waals surface area contributed by atoms with Crippen LogP contribution in [0.3, 0.4) is 0 Å². The molecule has 144 valence electrons. The van der Waals surface area contributed by atoms with Crippen LogP contribution in [0.1, 0.15) is 39.5 Å². The standard InChI is InChI=1S/C17H19Br2Cl2NO4/c1-16(2)10(12(18)17(19,20)21)11(16)15(25)26-7-22-13(23)8-5-3-4-6-9(8)14(22)24/h10-12H,3-7H2,1-2H3/t10-,11-,12?/m0/s1. The van der Waals surface area contributed by atoms with Gasteiger partial charge < -0.3 is 4.74 Å². The molecule has 2 aliphatic carbocycles. The predicted molar refractivity (Wildman–Crippen MR) is 105 cm³/mol. The third-order valence-electron chi connectivity index (χ3n) is 5.60. The van der Waals surface area contributed by atoms with E-state index < -0.39 is 15.1 Å². The molecular formula is C17H19Br2Cl2NO4. The topological polar surface area (TPSA) is 63.7 Å². The lowest BCUT2D eigenvalue weighted by Crippen LogP contribution is -2.35. The van der Waals surface area contributed by atoms with E-state index >= 15 is 0 Å². The summed E-state index contributed by atoms with van der Waals surface area (Å²) in [5, 5.41) is 0. The van der Waals surface area contributed by atoms with E-state index in [-0.39, 0.29) is 34.7 Å². The molecule has 3 aliphatic rings. The zero-order chi connectivity index (χ0) is 19.4. The molecule has 26 heavy (non-hydrogen) atoms. The monoisotopic (exact) mass is 529 g/mol. The predicted octanol–water partition coefficient (Wildman–Crippen LogP) is 4.29. The van der Waals surface area contributed by atoms with E-state index in [1.807, 2.05) is 13.8 Å². The molecule has 1 fully saturated rings. The number of hydrogen-bond donors (Lipinski definition) is 0. The number of carbonyl (C=O) groups is 3. The Morgan fingerprint density at radius 1 is 1.27 bits per heavy atom. The SMILES string of the molecule is CC1(C)[C@H](C(=O)OCN2C(=O)C3=C(CCCC3)C2=O)[C@H]1C(Br)C(Cl)(Cl)Br. The molecule has 2 amide bonds. The number of imide groups is 1. The van der Waals surface area contributed by atoms with Crippen molar-refractivity contribution < 1.29 is 19.1 Å². The van der Waals surface area contributed by atoms with Crippen molar-refractivity contribution in [3.63, 3.8) is 0 Å². The number of esters is 1. The van der Waals surface area contributed by atoms with Gasteiger partial charge >= 0.3 is 5.97 Å². The third-order valence-corrected chi connectivity index (χ3v) is 8.96. The Morgan fingerprint density at radius 3 is 2.23 bits per heavy atom. The van der Waals surface area contributed by atoms with Crippen LogP contribution in [0, 0.1) is 17.3 Å². The maximum atomic E-state index is 12.5. The maximum Gasteiger partial charge on any atom is 0.311 e. The van der Waals surface area contributed by atoms with Crippen molar-refractivity contribution in [1.29, 1.82) is 0 Å². The van der Waals surface area contributed by atoms with Crippen LogP contribution in [0.25, 0.3) is 0 Å². The van der Waals surface area contributed by atoms with E-state index in [1.54, 1.807) is 0 Å². The Kier molecular flexibility index (Phi) is 5.59. The van der Waals surface area contributed by atoms with Gasteiger partial charge in [-0.05, 0) is 52.9 Å². The number of rotatable bonds is 5. The minimum atomic E-state index is -1.21. The normalized spacial score (nSPS) is 28.9. The summed E-state index contributed by atoms with van der Waals surface area (Å²) in [6.45, 7) is 3.50. The van der Waals surface area contributed by atoms with Gasteiger partial charge in [-0.1, -0.05) is 53.0 Å². The second kappa shape index (κ2) is 7.05. The molecule has 3 rings (SSSR count). The van der Waals surface area contributed by atoms with Gasteiger partial charge in [0.25, 0.3) is 11.8 Å². The number of nitrogens with zero attached hydrogens (tertiary/aromatic N) is 1. The lowest BCUT2D eigenvalue weighted by molar-refractivity contribution is -0.156. The zero-order valence-electron chi connectivity index (χ0n) is 14.4. The summed E-state index contributed by atoms with van der Waals surface area (Å²) in [5.74, 6) is -1.68. The number of carbonyl (C=O) groups excluding carboxylic acids is 3. The molecule has 0 spiro atoms. The lowest BCUT2D eigenvalue weighted by atomic mass is 9.93. The number of alkyl halides is 4. The highest BCUT2D eigenvalue weighted by atomic mass is 79.9. The second-order valence-electron chi connectivity index (χ2n) is 7.56. The number of hydrogen-bond acceptors (Lipinski definition) is 4. The lowest BCUT2D eigenvalue weighted by Gasteiger charge is -2.20. The summed E-state index contributed by atoms with van der Waals surface area (Å²) >= 11 is 18.8. The molecule has 1 unspecified atom stereocenters. The number of amides is 2. The van der Waals surface area contributed by atoms with Gasteiger partial charge in [0.2, 0.25) is 0 Å². The van der Waals surface area contributed by atoms with Crippen molar-refractivity contribution in [2.75, 3.05) is 6.73 Å². The molecule has 1 heterocycles. The molecule has 3 atom stereocenters. The number of halogens is 4. The molecular weight excluding hydrogens is 513 g/mol. The molecule has 0 radical (unpaired) electrons. The Balaban J connectivity index is 1.62. The molecule has 0 bridgehead atoms. The quantitative estimate of drug-likeness (QED) is 0.302. The maximum absolute atomic E-state index is 12.5. The highest BCUT2D eigenvalue weighted by Crippen LogP contribution is 2.65. The minimum absolute atomic E-state index is 0.138. The van der Waals surface area contributed by atoms with Crippen molar-refractivity contribution in [3.05, 3.63) is 11.1 Å². The molecule has 0 N–H and O–H groups in total. The van der Waals surface area contributed by atoms with E-state index in [2.05, 4.69) is 31.9 Å². The van der Waals surface area contributed by atoms with Crippen LogP contribution in [0.15, 0.2) is 11.1 Å². The van der Waals surface area contributed by atoms with Crippen molar-refractivity contribution in [2.45, 2.75) is 47.6 Å². The van der Waals surface area contributed by atoms with E-state index in [1.165, 1.54) is 0 Å². The van der Waals surface area contributed by atoms with Gasteiger partial charge in [0.1, 0.15) is 0 Å². The molecule has 5 nitrogen and oxygen atoms in total. The fourth-order valence-electron chi connectivity index (χ4n) is 4.01. The van der Waals surface area contributed by atoms with E-state index in [0.717, 1.165) is 17.7 Å². The van der Waals surface area contributed by atoms with Crippen LogP contribution in [0.2, 0.25) is 0 Å². The van der Waals surface area contributed by atoms with Crippen LogP contribution in [-0.2, 0) is 19.1 Å². The van der Waals surface area contributed by atoms with E-state index in [4.69, 9.17) is 27.9 Å². The van der Waals surface area contributed by atoms with Gasteiger partial charge in [0.15, 0.2) is 9.97 Å². The van der Waals surface area contributed by atoms with Crippen molar-refractivity contribution in [3.8, 4) is 0 Å². The van der Waals surface area contributed by atoms with Gasteiger partial charge in [0, 0.05) is 11.1 Å². The summed E-state index contributed by atoms with van der Waals surface area (Å²) in [6.07, 6.45) is 3.04. The van der Waals surface area contributed by atoms with Crippen LogP contribution in [0.5, 0.6) is 0 Å². The zero-order valence-corrected chi connectivity index (χ0v) is 19.0. The van der Waals surface area contributed by atoms with Gasteiger partial charge in [-0.15, -0.1) is 0 Å². The Morgan fingerprint density at radius 2 is 1.77 bits per heavy atom. The number of ether oxygens (including phenoxy) is 1. The largest absolute Gasteiger partial charge is 0.443 e. The first-order valence-electron chi connectivity index (χ1n) is 8.43. The molecule has 0 aromatic carbocycles. The van der Waals surface area contributed by atoms with Gasteiger partial charge in [-0.3, -0.25) is 14.4 Å². The molecule has 9 heteroatoms. The Hall–Kier alpha value is -0.110. The van der Waals surface area contributed by atoms with Crippen molar-refractivity contribution in [2.24, 2.45) is 17.3 Å². The van der Waals surface area contributed by atoms with Gasteiger partial charge in [-0.25, -0.2) is 4.90 Å². The van der Waals surface area contributed by atoms with Crippen LogP contribution >= 0.6 is 55.1 Å². The second-order valence-corrected chi connectivity index (χ2v) is 12.1. The van der Waals surface area contributed by atoms with Crippen molar-refractivity contribution in [1.82, 2.24) is 4.90 Å². The minimum Gasteiger partial charge on any atom is -0.443 e. The summed E-state index contributed by atoms with van der Waals surface area (Å²) in [4.78, 5) is 38.0. The van der Waals surface area contributed by atoms with Gasteiger partial charge in [-0.2, -0.15) is 0 Å². The molecule has 0 saturated heterocycles. The van der Waals surface area contributed by atoms with Crippen molar-refractivity contribution >= 4 is 72.8 Å². The van der Waals surface area contributed by atoms with Crippen LogP contribution < -0.4 is 0 Å². The average molecular weight is 532 g/mol. The van der Waals surface area contributed by atoms with E-state index in [9.17, 15) is 14.4 Å². The molecule has 0 aromatic heterocycles. The van der Waals surface area contributed by atoms with Gasteiger partial charge in [0.05, 0.1) is 10.7 Å². The fourth-order valence-corrected chi connectivity index (χ4v) is 5.55. The highest BCUT2D eigenvalue weighted by molar-refractivity contribution is 9.13. The summed E-state index contributed by atoms with van der Waals surface area (Å²) < 4.78 is 4.11. The van der Waals surface area contributed by atoms with Crippen LogP contribution in [-0.4, -0.2) is 37.5 Å². The first kappa shape index (κ1) is 20.6. The molecule has 1 aliphatic heterocycles. The smallest absolute Gasteiger partial charge is 0.311 e. The van der Waals surface area contributed by atoms with E-state index in [0.29, 0.717) is 24.0 Å². The Bertz CT molecular complexity index is 673. The summed E-state index contributed by atoms with van der Waals surface area (Å²) in [5.41, 5.74) is 0.802. The third kappa shape index (κ3) is 3.49. The molecule has 0 aromatic rings. The fraction of sp³-hybridized carbons (Fsp3) is 0.706. The first-order valence-corrected chi connectivity index (χ1v) is 10.9. The average Bonchev–Trinajstić information content (AvgIpc) is 3.05. The highest BCUT2D eigenvalue weighted by Gasteiger charge is 2.67. The van der Waals surface area contributed by atoms with Crippen LogP contribution in [0.4, 0.5) is 0 Å². The summed E-state index contributed by atoms with van der Waals surface area (Å²) in [7, 11) is 0. The first-order chi connectivity index (χ1) is 12.0. The summed E-state index contributed by atoms with van der Waals surface area (Å²) in [6, 6.07) is 0. The molecule has 1 saturated carbocycles.